The Morgan fingerprint density at radius 2 is 2.00 bits per heavy atom. The van der Waals surface area contributed by atoms with Crippen molar-refractivity contribution in [1.29, 1.82) is 0 Å². The van der Waals surface area contributed by atoms with Crippen LogP contribution >= 0.6 is 0 Å². The minimum absolute atomic E-state index is 0.593. The topological polar surface area (TPSA) is 38.9 Å². The number of hydrogen-bond acceptors (Lipinski definition) is 2. The number of aromatic nitrogens is 1. The normalized spacial score (nSPS) is 10.6. The first-order valence-electron chi connectivity index (χ1n) is 4.31. The number of nitrogens with two attached hydrogens (primary N) is 1. The molecule has 0 saturated heterocycles. The third-order valence-electron chi connectivity index (χ3n) is 2.27. The summed E-state index contributed by atoms with van der Waals surface area (Å²) in [5, 5.41) is 2.39. The monoisotopic (exact) mass is 172 g/mol. The smallest absolute Gasteiger partial charge is 0.124 e. The van der Waals surface area contributed by atoms with Crippen LogP contribution < -0.4 is 5.73 Å². The van der Waals surface area contributed by atoms with Gasteiger partial charge in [0.1, 0.15) is 5.82 Å². The van der Waals surface area contributed by atoms with E-state index < -0.39 is 0 Å². The van der Waals surface area contributed by atoms with Crippen molar-refractivity contribution in [1.82, 2.24) is 4.98 Å². The summed E-state index contributed by atoms with van der Waals surface area (Å²) >= 11 is 0. The molecule has 13 heavy (non-hydrogen) atoms. The minimum atomic E-state index is 0.593. The van der Waals surface area contributed by atoms with Crippen molar-refractivity contribution in [3.63, 3.8) is 0 Å². The van der Waals surface area contributed by atoms with Gasteiger partial charge in [-0.2, -0.15) is 0 Å². The Hall–Kier alpha value is -1.57. The molecule has 0 aliphatic rings. The van der Waals surface area contributed by atoms with Crippen LogP contribution in [0.1, 0.15) is 11.3 Å². The number of nitrogens with zero attached hydrogens (tertiary/aromatic N) is 1. The van der Waals surface area contributed by atoms with Gasteiger partial charge in [-0.15, -0.1) is 0 Å². The van der Waals surface area contributed by atoms with Crippen molar-refractivity contribution in [2.24, 2.45) is 0 Å². The highest BCUT2D eigenvalue weighted by Gasteiger charge is 2.02. The van der Waals surface area contributed by atoms with Crippen molar-refractivity contribution in [3.05, 3.63) is 35.5 Å². The Morgan fingerprint density at radius 3 is 2.77 bits per heavy atom. The second-order valence-electron chi connectivity index (χ2n) is 3.31. The van der Waals surface area contributed by atoms with Gasteiger partial charge in [-0.05, 0) is 30.9 Å². The molecule has 0 saturated carbocycles. The van der Waals surface area contributed by atoms with Crippen LogP contribution in [0.2, 0.25) is 0 Å². The number of aryl methyl sites for hydroxylation is 2. The van der Waals surface area contributed by atoms with Gasteiger partial charge in [0, 0.05) is 11.1 Å². The van der Waals surface area contributed by atoms with Gasteiger partial charge in [0.05, 0.1) is 0 Å². The van der Waals surface area contributed by atoms with Crippen LogP contribution in [0.3, 0.4) is 0 Å². The predicted octanol–water partition coefficient (Wildman–Crippen LogP) is 2.43. The van der Waals surface area contributed by atoms with Crippen LogP contribution in [0.25, 0.3) is 10.8 Å². The van der Waals surface area contributed by atoms with Crippen molar-refractivity contribution < 1.29 is 0 Å². The SMILES string of the molecule is Cc1cccc2cc(N)nc(C)c12. The van der Waals surface area contributed by atoms with Gasteiger partial charge >= 0.3 is 0 Å². The van der Waals surface area contributed by atoms with E-state index in [1.54, 1.807) is 0 Å². The zero-order valence-electron chi connectivity index (χ0n) is 7.83. The molecule has 0 aliphatic carbocycles. The van der Waals surface area contributed by atoms with Crippen LogP contribution in [-0.2, 0) is 0 Å². The third kappa shape index (κ3) is 1.24. The Labute approximate surface area is 77.4 Å². The van der Waals surface area contributed by atoms with Crippen LogP contribution in [0, 0.1) is 13.8 Å². The summed E-state index contributed by atoms with van der Waals surface area (Å²) in [6, 6.07) is 8.10. The Bertz CT molecular complexity index is 461. The molecule has 0 spiro atoms. The van der Waals surface area contributed by atoms with Crippen molar-refractivity contribution >= 4 is 16.6 Å². The molecule has 1 heterocycles. The lowest BCUT2D eigenvalue weighted by Crippen LogP contribution is -1.94. The van der Waals surface area contributed by atoms with Crippen molar-refractivity contribution in [3.8, 4) is 0 Å². The standard InChI is InChI=1S/C11H12N2/c1-7-4-3-5-9-6-10(12)13-8(2)11(7)9/h3-6H,1-2H3,(H2,12,13). The summed E-state index contributed by atoms with van der Waals surface area (Å²) in [5.74, 6) is 0.593. The molecular formula is C11H12N2. The number of rotatable bonds is 0. The average molecular weight is 172 g/mol. The van der Waals surface area contributed by atoms with Gasteiger partial charge in [-0.1, -0.05) is 18.2 Å². The fraction of sp³-hybridized carbons (Fsp3) is 0.182. The third-order valence-corrected chi connectivity index (χ3v) is 2.27. The summed E-state index contributed by atoms with van der Waals surface area (Å²) in [6.45, 7) is 4.08. The first-order chi connectivity index (χ1) is 6.18. The van der Waals surface area contributed by atoms with E-state index in [-0.39, 0.29) is 0 Å². The van der Waals surface area contributed by atoms with E-state index in [0.29, 0.717) is 5.82 Å². The van der Waals surface area contributed by atoms with Crippen LogP contribution in [-0.4, -0.2) is 4.98 Å². The van der Waals surface area contributed by atoms with Gasteiger partial charge in [-0.3, -0.25) is 0 Å². The van der Waals surface area contributed by atoms with Crippen molar-refractivity contribution in [2.45, 2.75) is 13.8 Å². The van der Waals surface area contributed by atoms with Gasteiger partial charge in [0.15, 0.2) is 0 Å². The van der Waals surface area contributed by atoms with E-state index in [2.05, 4.69) is 24.0 Å². The number of anilines is 1. The quantitative estimate of drug-likeness (QED) is 0.662. The maximum Gasteiger partial charge on any atom is 0.124 e. The molecule has 1 aromatic heterocycles. The fourth-order valence-electron chi connectivity index (χ4n) is 1.75. The molecular weight excluding hydrogens is 160 g/mol. The van der Waals surface area contributed by atoms with Gasteiger partial charge in [0.2, 0.25) is 0 Å². The van der Waals surface area contributed by atoms with E-state index in [1.807, 2.05) is 19.1 Å². The fourth-order valence-corrected chi connectivity index (χ4v) is 1.75. The second-order valence-corrected chi connectivity index (χ2v) is 3.31. The molecule has 0 radical (unpaired) electrons. The van der Waals surface area contributed by atoms with E-state index in [1.165, 1.54) is 16.3 Å². The molecule has 2 N–H and O–H groups in total. The van der Waals surface area contributed by atoms with Gasteiger partial charge in [0.25, 0.3) is 0 Å². The zero-order chi connectivity index (χ0) is 9.42. The van der Waals surface area contributed by atoms with E-state index in [9.17, 15) is 0 Å². The number of nitrogen functional groups attached to an aromatic ring is 1. The summed E-state index contributed by atoms with van der Waals surface area (Å²) < 4.78 is 0. The maximum absolute atomic E-state index is 5.66. The highest BCUT2D eigenvalue weighted by Crippen LogP contribution is 2.22. The van der Waals surface area contributed by atoms with E-state index in [4.69, 9.17) is 5.73 Å². The predicted molar refractivity (Wildman–Crippen MR) is 55.6 cm³/mol. The van der Waals surface area contributed by atoms with Crippen LogP contribution in [0.4, 0.5) is 5.82 Å². The first-order valence-corrected chi connectivity index (χ1v) is 4.31. The lowest BCUT2D eigenvalue weighted by atomic mass is 10.1. The number of benzene rings is 1. The van der Waals surface area contributed by atoms with Crippen LogP contribution in [0.15, 0.2) is 24.3 Å². The molecule has 66 valence electrons. The van der Waals surface area contributed by atoms with Gasteiger partial charge in [-0.25, -0.2) is 4.98 Å². The molecule has 0 unspecified atom stereocenters. The molecule has 2 heteroatoms. The number of pyridine rings is 1. The highest BCUT2D eigenvalue weighted by molar-refractivity contribution is 5.89. The first kappa shape index (κ1) is 8.05. The molecule has 0 amide bonds. The molecule has 2 rings (SSSR count). The molecule has 2 aromatic rings. The maximum atomic E-state index is 5.66. The summed E-state index contributed by atoms with van der Waals surface area (Å²) in [4.78, 5) is 4.24. The molecule has 0 aliphatic heterocycles. The molecule has 1 aromatic carbocycles. The lowest BCUT2D eigenvalue weighted by molar-refractivity contribution is 1.24. The number of hydrogen-bond donors (Lipinski definition) is 1. The summed E-state index contributed by atoms with van der Waals surface area (Å²) in [7, 11) is 0. The Morgan fingerprint density at radius 1 is 1.23 bits per heavy atom. The summed E-state index contributed by atoms with van der Waals surface area (Å²) in [5.41, 5.74) is 7.92. The van der Waals surface area contributed by atoms with E-state index in [0.717, 1.165) is 5.69 Å². The lowest BCUT2D eigenvalue weighted by Gasteiger charge is -2.05. The van der Waals surface area contributed by atoms with Gasteiger partial charge < -0.3 is 5.73 Å². The zero-order valence-corrected chi connectivity index (χ0v) is 7.83. The van der Waals surface area contributed by atoms with Crippen LogP contribution in [0.5, 0.6) is 0 Å². The Balaban J connectivity index is 2.94. The van der Waals surface area contributed by atoms with E-state index >= 15 is 0 Å². The molecule has 0 fully saturated rings. The minimum Gasteiger partial charge on any atom is -0.384 e. The molecule has 0 atom stereocenters. The molecule has 2 nitrogen and oxygen atoms in total. The molecule has 0 bridgehead atoms. The van der Waals surface area contributed by atoms with Crippen molar-refractivity contribution in [2.75, 3.05) is 5.73 Å². The summed E-state index contributed by atoms with van der Waals surface area (Å²) in [6.07, 6.45) is 0. The average Bonchev–Trinajstić information content (AvgIpc) is 2.02. The number of fused-ring (bicyclic) bond motifs is 1. The second kappa shape index (κ2) is 2.73. The Kier molecular flexibility index (Phi) is 1.69. The highest BCUT2D eigenvalue weighted by atomic mass is 14.8. The largest absolute Gasteiger partial charge is 0.384 e.